The smallest absolute Gasteiger partial charge is 0.232 e. The molecular weight excluding hydrogens is 254 g/mol. The first-order valence-electron chi connectivity index (χ1n) is 7.95. The van der Waals surface area contributed by atoms with Gasteiger partial charge in [-0.1, -0.05) is 24.9 Å². The molecule has 0 saturated heterocycles. The minimum absolute atomic E-state index is 0.0970. The molecule has 2 aliphatic carbocycles. The number of hydrogen-bond donors (Lipinski definition) is 1. The molecular formula is C15H25N3O2. The number of rotatable bonds is 6. The molecule has 2 N–H and O–H groups in total. The SMILES string of the molecule is CCC1(c2nc(C(N)COC3CCC3)no2)CCCC1. The third-order valence-corrected chi connectivity index (χ3v) is 5.03. The average Bonchev–Trinajstić information content (AvgIpc) is 3.06. The van der Waals surface area contributed by atoms with E-state index in [4.69, 9.17) is 15.0 Å². The van der Waals surface area contributed by atoms with Gasteiger partial charge in [0, 0.05) is 5.41 Å². The van der Waals surface area contributed by atoms with Gasteiger partial charge in [0.1, 0.15) is 0 Å². The van der Waals surface area contributed by atoms with E-state index >= 15 is 0 Å². The topological polar surface area (TPSA) is 74.2 Å². The van der Waals surface area contributed by atoms with Crippen molar-refractivity contribution in [1.82, 2.24) is 10.1 Å². The maximum absolute atomic E-state index is 6.11. The van der Waals surface area contributed by atoms with Gasteiger partial charge in [-0.3, -0.25) is 0 Å². The molecule has 0 radical (unpaired) electrons. The van der Waals surface area contributed by atoms with Crippen LogP contribution in [0.3, 0.4) is 0 Å². The van der Waals surface area contributed by atoms with Crippen molar-refractivity contribution in [3.05, 3.63) is 11.7 Å². The molecule has 0 spiro atoms. The summed E-state index contributed by atoms with van der Waals surface area (Å²) in [6.07, 6.45) is 9.84. The van der Waals surface area contributed by atoms with Crippen LogP contribution in [0.2, 0.25) is 0 Å². The maximum atomic E-state index is 6.11. The van der Waals surface area contributed by atoms with Crippen molar-refractivity contribution < 1.29 is 9.26 Å². The van der Waals surface area contributed by atoms with Crippen molar-refractivity contribution in [3.63, 3.8) is 0 Å². The molecule has 3 rings (SSSR count). The Labute approximate surface area is 120 Å². The zero-order chi connectivity index (χ0) is 14.0. The molecule has 1 aromatic heterocycles. The standard InChI is InChI=1S/C15H25N3O2/c1-2-15(8-3-4-9-15)14-17-13(18-20-14)12(16)10-19-11-6-5-7-11/h11-12H,2-10,16H2,1H3. The van der Waals surface area contributed by atoms with Crippen molar-refractivity contribution in [3.8, 4) is 0 Å². The van der Waals surface area contributed by atoms with Crippen molar-refractivity contribution in [1.29, 1.82) is 0 Å². The van der Waals surface area contributed by atoms with Crippen LogP contribution in [0.25, 0.3) is 0 Å². The second-order valence-corrected chi connectivity index (χ2v) is 6.29. The van der Waals surface area contributed by atoms with E-state index in [-0.39, 0.29) is 11.5 Å². The summed E-state index contributed by atoms with van der Waals surface area (Å²) in [6, 6.07) is -0.275. The predicted molar refractivity (Wildman–Crippen MR) is 75.3 cm³/mol. The Bertz CT molecular complexity index is 436. The largest absolute Gasteiger partial charge is 0.376 e. The van der Waals surface area contributed by atoms with E-state index < -0.39 is 0 Å². The lowest BCUT2D eigenvalue weighted by molar-refractivity contribution is -0.00549. The number of ether oxygens (including phenoxy) is 1. The van der Waals surface area contributed by atoms with Crippen LogP contribution in [-0.2, 0) is 10.2 Å². The van der Waals surface area contributed by atoms with E-state index in [0.717, 1.165) is 38.0 Å². The van der Waals surface area contributed by atoms with Gasteiger partial charge in [0.05, 0.1) is 18.8 Å². The average molecular weight is 279 g/mol. The van der Waals surface area contributed by atoms with Crippen LogP contribution in [0.15, 0.2) is 4.52 Å². The minimum atomic E-state index is -0.275. The highest BCUT2D eigenvalue weighted by molar-refractivity contribution is 5.08. The van der Waals surface area contributed by atoms with Gasteiger partial charge >= 0.3 is 0 Å². The maximum Gasteiger partial charge on any atom is 0.232 e. The Morgan fingerprint density at radius 3 is 2.70 bits per heavy atom. The van der Waals surface area contributed by atoms with Crippen LogP contribution in [0.4, 0.5) is 0 Å². The number of nitrogens with zero attached hydrogens (tertiary/aromatic N) is 2. The lowest BCUT2D eigenvalue weighted by Crippen LogP contribution is -2.27. The first-order chi connectivity index (χ1) is 9.73. The molecule has 2 aliphatic rings. The van der Waals surface area contributed by atoms with Gasteiger partial charge in [0.15, 0.2) is 5.82 Å². The summed E-state index contributed by atoms with van der Waals surface area (Å²) in [6.45, 7) is 2.69. The Balaban J connectivity index is 1.63. The van der Waals surface area contributed by atoms with Crippen molar-refractivity contribution in [2.24, 2.45) is 5.73 Å². The summed E-state index contributed by atoms with van der Waals surface area (Å²) in [5, 5.41) is 4.08. The van der Waals surface area contributed by atoms with Crippen LogP contribution in [0.1, 0.15) is 76.0 Å². The molecule has 112 valence electrons. The highest BCUT2D eigenvalue weighted by Gasteiger charge is 2.39. The Morgan fingerprint density at radius 2 is 2.10 bits per heavy atom. The molecule has 1 unspecified atom stereocenters. The zero-order valence-electron chi connectivity index (χ0n) is 12.3. The van der Waals surface area contributed by atoms with E-state index in [1.54, 1.807) is 0 Å². The summed E-state index contributed by atoms with van der Waals surface area (Å²) in [5.41, 5.74) is 6.21. The summed E-state index contributed by atoms with van der Waals surface area (Å²) < 4.78 is 11.2. The summed E-state index contributed by atoms with van der Waals surface area (Å²) in [5.74, 6) is 1.38. The zero-order valence-corrected chi connectivity index (χ0v) is 12.3. The minimum Gasteiger partial charge on any atom is -0.376 e. The molecule has 0 bridgehead atoms. The van der Waals surface area contributed by atoms with Crippen molar-refractivity contribution >= 4 is 0 Å². The Morgan fingerprint density at radius 1 is 1.35 bits per heavy atom. The van der Waals surface area contributed by atoms with Gasteiger partial charge in [0.25, 0.3) is 0 Å². The molecule has 2 saturated carbocycles. The molecule has 0 aromatic carbocycles. The van der Waals surface area contributed by atoms with Crippen LogP contribution in [-0.4, -0.2) is 22.9 Å². The number of nitrogens with two attached hydrogens (primary N) is 1. The molecule has 2 fully saturated rings. The van der Waals surface area contributed by atoms with E-state index in [0.29, 0.717) is 18.5 Å². The summed E-state index contributed by atoms with van der Waals surface area (Å²) in [7, 11) is 0. The predicted octanol–water partition coefficient (Wildman–Crippen LogP) is 2.86. The monoisotopic (exact) mass is 279 g/mol. The number of aromatic nitrogens is 2. The molecule has 1 aromatic rings. The third-order valence-electron chi connectivity index (χ3n) is 5.03. The van der Waals surface area contributed by atoms with Gasteiger partial charge in [-0.2, -0.15) is 4.98 Å². The van der Waals surface area contributed by atoms with Gasteiger partial charge < -0.3 is 15.0 Å². The molecule has 0 aliphatic heterocycles. The van der Waals surface area contributed by atoms with Gasteiger partial charge in [0.2, 0.25) is 5.89 Å². The molecule has 1 heterocycles. The molecule has 5 heteroatoms. The van der Waals surface area contributed by atoms with E-state index in [1.165, 1.54) is 19.3 Å². The van der Waals surface area contributed by atoms with E-state index in [1.807, 2.05) is 0 Å². The lowest BCUT2D eigenvalue weighted by Gasteiger charge is -2.26. The van der Waals surface area contributed by atoms with Crippen molar-refractivity contribution in [2.45, 2.75) is 75.9 Å². The second kappa shape index (κ2) is 5.82. The van der Waals surface area contributed by atoms with Gasteiger partial charge in [-0.15, -0.1) is 0 Å². The van der Waals surface area contributed by atoms with Crippen LogP contribution in [0, 0.1) is 0 Å². The summed E-state index contributed by atoms with van der Waals surface area (Å²) in [4.78, 5) is 4.57. The van der Waals surface area contributed by atoms with Gasteiger partial charge in [-0.05, 0) is 38.5 Å². The lowest BCUT2D eigenvalue weighted by atomic mass is 9.83. The first kappa shape index (κ1) is 14.0. The molecule has 0 amide bonds. The Kier molecular flexibility index (Phi) is 4.08. The van der Waals surface area contributed by atoms with E-state index in [9.17, 15) is 0 Å². The molecule has 20 heavy (non-hydrogen) atoms. The Hall–Kier alpha value is -0.940. The highest BCUT2D eigenvalue weighted by Crippen LogP contribution is 2.42. The second-order valence-electron chi connectivity index (χ2n) is 6.29. The van der Waals surface area contributed by atoms with Crippen LogP contribution < -0.4 is 5.73 Å². The van der Waals surface area contributed by atoms with E-state index in [2.05, 4.69) is 17.1 Å². The molecule has 5 nitrogen and oxygen atoms in total. The highest BCUT2D eigenvalue weighted by atomic mass is 16.5. The number of hydrogen-bond acceptors (Lipinski definition) is 5. The van der Waals surface area contributed by atoms with Gasteiger partial charge in [-0.25, -0.2) is 0 Å². The normalized spacial score (nSPS) is 23.7. The summed E-state index contributed by atoms with van der Waals surface area (Å²) >= 11 is 0. The fourth-order valence-electron chi connectivity index (χ4n) is 3.22. The van der Waals surface area contributed by atoms with Crippen LogP contribution >= 0.6 is 0 Å². The quantitative estimate of drug-likeness (QED) is 0.866. The fraction of sp³-hybridized carbons (Fsp3) is 0.867. The molecule has 1 atom stereocenters. The van der Waals surface area contributed by atoms with Crippen LogP contribution in [0.5, 0.6) is 0 Å². The third kappa shape index (κ3) is 2.61. The fourth-order valence-corrected chi connectivity index (χ4v) is 3.22. The van der Waals surface area contributed by atoms with Crippen molar-refractivity contribution in [2.75, 3.05) is 6.61 Å². The first-order valence-corrected chi connectivity index (χ1v) is 7.95.